The summed E-state index contributed by atoms with van der Waals surface area (Å²) in [5, 5.41) is 9.09. The first-order valence-corrected chi connectivity index (χ1v) is 7.87. The van der Waals surface area contributed by atoms with Crippen LogP contribution in [-0.4, -0.2) is 18.3 Å². The van der Waals surface area contributed by atoms with Gasteiger partial charge in [0.2, 0.25) is 0 Å². The van der Waals surface area contributed by atoms with Crippen LogP contribution in [0.1, 0.15) is 11.8 Å². The average Bonchev–Trinajstić information content (AvgIpc) is 2.94. The molecule has 0 aliphatic heterocycles. The van der Waals surface area contributed by atoms with Crippen molar-refractivity contribution < 1.29 is 4.74 Å². The van der Waals surface area contributed by atoms with Gasteiger partial charge in [-0.1, -0.05) is 18.2 Å². The molecule has 0 aliphatic carbocycles. The van der Waals surface area contributed by atoms with Gasteiger partial charge in [-0.3, -0.25) is 0 Å². The van der Waals surface area contributed by atoms with Gasteiger partial charge in [-0.15, -0.1) is 11.3 Å². The van der Waals surface area contributed by atoms with Gasteiger partial charge in [0.05, 0.1) is 12.3 Å². The number of thiophene rings is 1. The summed E-state index contributed by atoms with van der Waals surface area (Å²) in [6.45, 7) is 3.43. The van der Waals surface area contributed by atoms with E-state index in [1.165, 1.54) is 4.88 Å². The highest BCUT2D eigenvalue weighted by Gasteiger charge is 2.04. The first-order valence-electron chi connectivity index (χ1n) is 6.58. The van der Waals surface area contributed by atoms with Crippen LogP contribution >= 0.6 is 23.6 Å². The van der Waals surface area contributed by atoms with Gasteiger partial charge in [-0.2, -0.15) is 0 Å². The minimum Gasteiger partial charge on any atom is -0.492 e. The molecule has 0 aliphatic rings. The highest BCUT2D eigenvalue weighted by atomic mass is 32.1. The van der Waals surface area contributed by atoms with Gasteiger partial charge in [-0.05, 0) is 49.1 Å². The molecule has 0 amide bonds. The summed E-state index contributed by atoms with van der Waals surface area (Å²) in [5.41, 5.74) is 0.892. The van der Waals surface area contributed by atoms with Crippen LogP contribution in [-0.2, 0) is 6.42 Å². The molecule has 1 aromatic carbocycles. The van der Waals surface area contributed by atoms with Gasteiger partial charge in [0.15, 0.2) is 5.11 Å². The van der Waals surface area contributed by atoms with Crippen LogP contribution in [0.4, 0.5) is 5.69 Å². The van der Waals surface area contributed by atoms with Gasteiger partial charge in [0.1, 0.15) is 5.75 Å². The van der Waals surface area contributed by atoms with E-state index in [1.54, 1.807) is 11.3 Å². The van der Waals surface area contributed by atoms with Crippen LogP contribution in [0.5, 0.6) is 5.75 Å². The molecule has 0 fully saturated rings. The molecule has 2 aromatic rings. The summed E-state index contributed by atoms with van der Waals surface area (Å²) in [4.78, 5) is 1.36. The fourth-order valence-electron chi connectivity index (χ4n) is 1.77. The van der Waals surface area contributed by atoms with Crippen LogP contribution < -0.4 is 15.4 Å². The summed E-state index contributed by atoms with van der Waals surface area (Å²) in [6.07, 6.45) is 0.979. The molecule has 106 valence electrons. The molecule has 2 rings (SSSR count). The van der Waals surface area contributed by atoms with E-state index in [1.807, 2.05) is 31.2 Å². The third kappa shape index (κ3) is 4.51. The van der Waals surface area contributed by atoms with Crippen molar-refractivity contribution in [1.29, 1.82) is 0 Å². The van der Waals surface area contributed by atoms with Crippen molar-refractivity contribution in [3.63, 3.8) is 0 Å². The highest BCUT2D eigenvalue weighted by molar-refractivity contribution is 7.80. The topological polar surface area (TPSA) is 33.3 Å². The standard InChI is InChI=1S/C15H18N2OS2/c1-2-18-14-8-4-3-7-13(14)17-15(19)16-10-9-12-6-5-11-20-12/h3-8,11H,2,9-10H2,1H3,(H2,16,17,19). The predicted octanol–water partition coefficient (Wildman–Crippen LogP) is 3.68. The Kier molecular flexibility index (Phi) is 5.83. The Bertz CT molecular complexity index is 541. The van der Waals surface area contributed by atoms with Gasteiger partial charge >= 0.3 is 0 Å². The number of hydrogen-bond acceptors (Lipinski definition) is 3. The minimum atomic E-state index is 0.619. The Morgan fingerprint density at radius 2 is 2.10 bits per heavy atom. The third-order valence-corrected chi connectivity index (χ3v) is 3.85. The van der Waals surface area contributed by atoms with Crippen molar-refractivity contribution in [2.24, 2.45) is 0 Å². The quantitative estimate of drug-likeness (QED) is 0.798. The lowest BCUT2D eigenvalue weighted by molar-refractivity contribution is 0.342. The second-order valence-electron chi connectivity index (χ2n) is 4.14. The monoisotopic (exact) mass is 306 g/mol. The molecule has 0 unspecified atom stereocenters. The molecule has 0 spiro atoms. The maximum absolute atomic E-state index is 5.55. The Labute approximate surface area is 129 Å². The third-order valence-electron chi connectivity index (χ3n) is 2.67. The van der Waals surface area contributed by atoms with E-state index < -0.39 is 0 Å². The van der Waals surface area contributed by atoms with Crippen molar-refractivity contribution in [3.8, 4) is 5.75 Å². The molecule has 0 saturated carbocycles. The molecule has 1 aromatic heterocycles. The number of ether oxygens (including phenoxy) is 1. The smallest absolute Gasteiger partial charge is 0.170 e. The van der Waals surface area contributed by atoms with Crippen LogP contribution in [0.3, 0.4) is 0 Å². The Morgan fingerprint density at radius 1 is 1.25 bits per heavy atom. The van der Waals surface area contributed by atoms with Crippen LogP contribution in [0, 0.1) is 0 Å². The number of benzene rings is 1. The molecule has 0 atom stereocenters. The van der Waals surface area contributed by atoms with Crippen molar-refractivity contribution in [2.75, 3.05) is 18.5 Å². The normalized spacial score (nSPS) is 10.1. The van der Waals surface area contributed by atoms with Crippen molar-refractivity contribution >= 4 is 34.4 Å². The van der Waals surface area contributed by atoms with E-state index in [0.717, 1.165) is 24.4 Å². The second-order valence-corrected chi connectivity index (χ2v) is 5.58. The van der Waals surface area contributed by atoms with E-state index in [2.05, 4.69) is 28.1 Å². The van der Waals surface area contributed by atoms with Crippen molar-refractivity contribution in [3.05, 3.63) is 46.7 Å². The molecular formula is C15H18N2OS2. The van der Waals surface area contributed by atoms with Crippen LogP contribution in [0.25, 0.3) is 0 Å². The zero-order chi connectivity index (χ0) is 14.2. The van der Waals surface area contributed by atoms with E-state index in [0.29, 0.717) is 11.7 Å². The van der Waals surface area contributed by atoms with Crippen LogP contribution in [0.15, 0.2) is 41.8 Å². The lowest BCUT2D eigenvalue weighted by Gasteiger charge is -2.13. The van der Waals surface area contributed by atoms with Crippen molar-refractivity contribution in [1.82, 2.24) is 5.32 Å². The highest BCUT2D eigenvalue weighted by Crippen LogP contribution is 2.23. The summed E-state index contributed by atoms with van der Waals surface area (Å²) in [5.74, 6) is 0.817. The maximum atomic E-state index is 5.55. The zero-order valence-corrected chi connectivity index (χ0v) is 13.0. The minimum absolute atomic E-state index is 0.619. The molecule has 20 heavy (non-hydrogen) atoms. The zero-order valence-electron chi connectivity index (χ0n) is 11.4. The fourth-order valence-corrected chi connectivity index (χ4v) is 2.69. The molecular weight excluding hydrogens is 288 g/mol. The summed E-state index contributed by atoms with van der Waals surface area (Å²) >= 11 is 7.06. The summed E-state index contributed by atoms with van der Waals surface area (Å²) < 4.78 is 5.55. The predicted molar refractivity (Wildman–Crippen MR) is 89.9 cm³/mol. The number of hydrogen-bond donors (Lipinski definition) is 2. The Hall–Kier alpha value is -1.59. The molecule has 0 bridgehead atoms. The maximum Gasteiger partial charge on any atom is 0.170 e. The number of rotatable bonds is 6. The van der Waals surface area contributed by atoms with Gasteiger partial charge in [0, 0.05) is 11.4 Å². The first-order chi connectivity index (χ1) is 9.79. The number of anilines is 1. The second kappa shape index (κ2) is 7.87. The molecule has 5 heteroatoms. The number of thiocarbonyl (C=S) groups is 1. The van der Waals surface area contributed by atoms with Crippen molar-refractivity contribution in [2.45, 2.75) is 13.3 Å². The van der Waals surface area contributed by atoms with E-state index >= 15 is 0 Å². The largest absolute Gasteiger partial charge is 0.492 e. The number of nitrogens with one attached hydrogen (secondary N) is 2. The van der Waals surface area contributed by atoms with Gasteiger partial charge < -0.3 is 15.4 Å². The summed E-state index contributed by atoms with van der Waals surface area (Å²) in [6, 6.07) is 12.0. The van der Waals surface area contributed by atoms with E-state index in [9.17, 15) is 0 Å². The molecule has 0 radical (unpaired) electrons. The Morgan fingerprint density at radius 3 is 2.85 bits per heavy atom. The first kappa shape index (κ1) is 14.8. The SMILES string of the molecule is CCOc1ccccc1NC(=S)NCCc1cccs1. The molecule has 3 nitrogen and oxygen atoms in total. The van der Waals surface area contributed by atoms with Gasteiger partial charge in [-0.25, -0.2) is 0 Å². The summed E-state index contributed by atoms with van der Waals surface area (Å²) in [7, 11) is 0. The lowest BCUT2D eigenvalue weighted by Crippen LogP contribution is -2.30. The van der Waals surface area contributed by atoms with Gasteiger partial charge in [0.25, 0.3) is 0 Å². The Balaban J connectivity index is 1.82. The molecule has 2 N–H and O–H groups in total. The molecule has 1 heterocycles. The average molecular weight is 306 g/mol. The lowest BCUT2D eigenvalue weighted by atomic mass is 10.3. The van der Waals surface area contributed by atoms with E-state index in [-0.39, 0.29) is 0 Å². The fraction of sp³-hybridized carbons (Fsp3) is 0.267. The number of para-hydroxylation sites is 2. The molecule has 0 saturated heterocycles. The van der Waals surface area contributed by atoms with Crippen LogP contribution in [0.2, 0.25) is 0 Å². The van der Waals surface area contributed by atoms with E-state index in [4.69, 9.17) is 17.0 Å².